The molecule has 2 aliphatic rings. The summed E-state index contributed by atoms with van der Waals surface area (Å²) in [6.45, 7) is 3.23. The Morgan fingerprint density at radius 1 is 1.14 bits per heavy atom. The van der Waals surface area contributed by atoms with E-state index in [1.807, 2.05) is 36.4 Å². The number of ether oxygens (including phenoxy) is 3. The summed E-state index contributed by atoms with van der Waals surface area (Å²) < 4.78 is 22.3. The molecule has 0 spiro atoms. The van der Waals surface area contributed by atoms with Crippen LogP contribution in [0.4, 0.5) is 0 Å². The van der Waals surface area contributed by atoms with Crippen LogP contribution in [0.2, 0.25) is 0 Å². The smallest absolute Gasteiger partial charge is 0.241 e. The Bertz CT molecular complexity index is 962. The molecule has 29 heavy (non-hydrogen) atoms. The highest BCUT2D eigenvalue weighted by Gasteiger charge is 2.23. The molecule has 4 heterocycles. The lowest BCUT2D eigenvalue weighted by molar-refractivity contribution is -0.0153. The van der Waals surface area contributed by atoms with Crippen molar-refractivity contribution in [2.75, 3.05) is 19.9 Å². The zero-order valence-corrected chi connectivity index (χ0v) is 16.0. The fourth-order valence-corrected chi connectivity index (χ4v) is 3.64. The van der Waals surface area contributed by atoms with Crippen LogP contribution in [-0.4, -0.2) is 46.0 Å². The van der Waals surface area contributed by atoms with Gasteiger partial charge >= 0.3 is 0 Å². The van der Waals surface area contributed by atoms with Gasteiger partial charge in [0.25, 0.3) is 0 Å². The molecule has 1 fully saturated rings. The van der Waals surface area contributed by atoms with Crippen LogP contribution in [0.15, 0.2) is 47.1 Å². The van der Waals surface area contributed by atoms with E-state index in [1.165, 1.54) is 0 Å². The maximum absolute atomic E-state index is 6.06. The molecule has 1 atom stereocenters. The van der Waals surface area contributed by atoms with E-state index >= 15 is 0 Å². The minimum absolute atomic E-state index is 0.182. The highest BCUT2D eigenvalue weighted by Crippen LogP contribution is 2.35. The highest BCUT2D eigenvalue weighted by atomic mass is 16.7. The molecule has 0 saturated carbocycles. The maximum Gasteiger partial charge on any atom is 0.241 e. The summed E-state index contributed by atoms with van der Waals surface area (Å²) in [4.78, 5) is 11.2. The summed E-state index contributed by atoms with van der Waals surface area (Å²) in [6, 6.07) is 11.5. The van der Waals surface area contributed by atoms with E-state index in [0.29, 0.717) is 30.6 Å². The van der Waals surface area contributed by atoms with Crippen molar-refractivity contribution < 1.29 is 18.7 Å². The largest absolute Gasteiger partial charge is 0.454 e. The first kappa shape index (κ1) is 18.1. The molecule has 0 radical (unpaired) electrons. The Morgan fingerprint density at radius 2 is 2.10 bits per heavy atom. The molecule has 0 amide bonds. The van der Waals surface area contributed by atoms with E-state index in [0.717, 1.165) is 42.9 Å². The van der Waals surface area contributed by atoms with Crippen LogP contribution in [0.5, 0.6) is 11.5 Å². The number of benzene rings is 1. The second-order valence-electron chi connectivity index (χ2n) is 7.21. The quantitative estimate of drug-likeness (QED) is 0.631. The number of nitrogens with zero attached hydrogens (tertiary/aromatic N) is 4. The van der Waals surface area contributed by atoms with Crippen molar-refractivity contribution >= 4 is 0 Å². The van der Waals surface area contributed by atoms with Gasteiger partial charge in [-0.15, -0.1) is 0 Å². The molecule has 150 valence electrons. The molecule has 2 aromatic heterocycles. The molecule has 8 heteroatoms. The molecule has 0 unspecified atom stereocenters. The number of aromatic nitrogens is 3. The molecule has 0 N–H and O–H groups in total. The van der Waals surface area contributed by atoms with E-state index in [1.54, 1.807) is 6.20 Å². The zero-order chi connectivity index (χ0) is 19.5. The topological polar surface area (TPSA) is 82.7 Å². The number of hydrogen-bond donors (Lipinski definition) is 0. The second-order valence-corrected chi connectivity index (χ2v) is 7.21. The first-order valence-electron chi connectivity index (χ1n) is 9.80. The normalized spacial score (nSPS) is 18.8. The predicted molar refractivity (Wildman–Crippen MR) is 103 cm³/mol. The van der Waals surface area contributed by atoms with Gasteiger partial charge in [-0.25, -0.2) is 0 Å². The Kier molecular flexibility index (Phi) is 5.10. The van der Waals surface area contributed by atoms with Crippen LogP contribution in [0, 0.1) is 0 Å². The van der Waals surface area contributed by atoms with Gasteiger partial charge in [0.15, 0.2) is 11.5 Å². The first-order chi connectivity index (χ1) is 14.3. The molecule has 8 nitrogen and oxygen atoms in total. The van der Waals surface area contributed by atoms with Gasteiger partial charge in [0.1, 0.15) is 0 Å². The van der Waals surface area contributed by atoms with Crippen molar-refractivity contribution in [1.82, 2.24) is 20.0 Å². The number of hydrogen-bond acceptors (Lipinski definition) is 8. The van der Waals surface area contributed by atoms with Gasteiger partial charge in [-0.1, -0.05) is 11.2 Å². The molecular formula is C21H22N4O4. The molecular weight excluding hydrogens is 372 g/mol. The lowest BCUT2D eigenvalue weighted by Gasteiger charge is -2.31. The van der Waals surface area contributed by atoms with E-state index in [4.69, 9.17) is 18.7 Å². The Labute approximate surface area is 168 Å². The molecule has 1 saturated heterocycles. The SMILES string of the molecule is c1ccc(CO[C@@H]2CCCN(Cc3nc(-c4ccc5c(c4)OCO5)no3)C2)nc1. The zero-order valence-electron chi connectivity index (χ0n) is 16.0. The van der Waals surface area contributed by atoms with E-state index < -0.39 is 0 Å². The van der Waals surface area contributed by atoms with E-state index in [9.17, 15) is 0 Å². The van der Waals surface area contributed by atoms with Gasteiger partial charge in [0, 0.05) is 18.3 Å². The van der Waals surface area contributed by atoms with Crippen LogP contribution >= 0.6 is 0 Å². The lowest BCUT2D eigenvalue weighted by atomic mass is 10.1. The standard InChI is InChI=1S/C21H22N4O4/c1-2-8-22-16(4-1)13-26-17-5-3-9-25(11-17)12-20-23-21(24-29-20)15-6-7-18-19(10-15)28-14-27-18/h1-2,4,6-8,10,17H,3,5,9,11-14H2/t17-/m1/s1. The van der Waals surface area contributed by atoms with Gasteiger partial charge in [-0.2, -0.15) is 4.98 Å². The number of likely N-dealkylation sites (tertiary alicyclic amines) is 1. The first-order valence-corrected chi connectivity index (χ1v) is 9.80. The fraction of sp³-hybridized carbons (Fsp3) is 0.381. The molecule has 2 aliphatic heterocycles. The number of rotatable bonds is 6. The predicted octanol–water partition coefficient (Wildman–Crippen LogP) is 3.04. The van der Waals surface area contributed by atoms with Gasteiger partial charge in [-0.05, 0) is 49.7 Å². The molecule has 1 aromatic carbocycles. The van der Waals surface area contributed by atoms with Crippen molar-refractivity contribution in [2.24, 2.45) is 0 Å². The van der Waals surface area contributed by atoms with Crippen molar-refractivity contribution in [1.29, 1.82) is 0 Å². The van der Waals surface area contributed by atoms with Crippen LogP contribution in [0.3, 0.4) is 0 Å². The molecule has 0 aliphatic carbocycles. The Balaban J connectivity index is 1.18. The van der Waals surface area contributed by atoms with E-state index in [-0.39, 0.29) is 12.9 Å². The summed E-state index contributed by atoms with van der Waals surface area (Å²) >= 11 is 0. The summed E-state index contributed by atoms with van der Waals surface area (Å²) in [6.07, 6.45) is 4.10. The summed E-state index contributed by atoms with van der Waals surface area (Å²) in [5.41, 5.74) is 1.80. The van der Waals surface area contributed by atoms with Crippen LogP contribution in [0.25, 0.3) is 11.4 Å². The number of piperidine rings is 1. The Hall–Kier alpha value is -2.97. The van der Waals surface area contributed by atoms with Crippen LogP contribution in [0.1, 0.15) is 24.4 Å². The Morgan fingerprint density at radius 3 is 3.03 bits per heavy atom. The van der Waals surface area contributed by atoms with Gasteiger partial charge in [-0.3, -0.25) is 9.88 Å². The van der Waals surface area contributed by atoms with Gasteiger partial charge in [0.2, 0.25) is 18.5 Å². The highest BCUT2D eigenvalue weighted by molar-refractivity contribution is 5.61. The minimum atomic E-state index is 0.182. The van der Waals surface area contributed by atoms with Crippen LogP contribution < -0.4 is 9.47 Å². The third-order valence-corrected chi connectivity index (χ3v) is 5.11. The number of fused-ring (bicyclic) bond motifs is 1. The molecule has 0 bridgehead atoms. The van der Waals surface area contributed by atoms with Gasteiger partial charge in [0.05, 0.1) is 24.9 Å². The summed E-state index contributed by atoms with van der Waals surface area (Å²) in [7, 11) is 0. The second kappa shape index (κ2) is 8.18. The third-order valence-electron chi connectivity index (χ3n) is 5.11. The van der Waals surface area contributed by atoms with Crippen molar-refractivity contribution in [3.05, 3.63) is 54.2 Å². The van der Waals surface area contributed by atoms with Gasteiger partial charge < -0.3 is 18.7 Å². The fourth-order valence-electron chi connectivity index (χ4n) is 3.64. The minimum Gasteiger partial charge on any atom is -0.454 e. The van der Waals surface area contributed by atoms with Crippen molar-refractivity contribution in [3.63, 3.8) is 0 Å². The van der Waals surface area contributed by atoms with Crippen molar-refractivity contribution in [2.45, 2.75) is 32.1 Å². The maximum atomic E-state index is 6.06. The average molecular weight is 394 g/mol. The third kappa shape index (κ3) is 4.23. The monoisotopic (exact) mass is 394 g/mol. The molecule has 5 rings (SSSR count). The van der Waals surface area contributed by atoms with Crippen LogP contribution in [-0.2, 0) is 17.9 Å². The summed E-state index contributed by atoms with van der Waals surface area (Å²) in [5.74, 6) is 2.60. The summed E-state index contributed by atoms with van der Waals surface area (Å²) in [5, 5.41) is 4.12. The lowest BCUT2D eigenvalue weighted by Crippen LogP contribution is -2.39. The number of pyridine rings is 1. The average Bonchev–Trinajstić information content (AvgIpc) is 3.42. The van der Waals surface area contributed by atoms with Crippen molar-refractivity contribution in [3.8, 4) is 22.9 Å². The van der Waals surface area contributed by atoms with E-state index in [2.05, 4.69) is 20.0 Å². The molecule has 3 aromatic rings.